The summed E-state index contributed by atoms with van der Waals surface area (Å²) in [6, 6.07) is 0. The molecule has 0 fully saturated rings. The fraction of sp³-hybridized carbons (Fsp3) is 0.900. The molecule has 0 unspecified atom stereocenters. The highest BCUT2D eigenvalue weighted by molar-refractivity contribution is 5.77. The van der Waals surface area contributed by atoms with Gasteiger partial charge in [0.1, 0.15) is 6.54 Å². The number of nitrogens with one attached hydrogen (secondary N) is 2. The molecule has 0 rings (SSSR count). The van der Waals surface area contributed by atoms with Crippen LogP contribution in [0.2, 0.25) is 0 Å². The second-order valence-electron chi connectivity index (χ2n) is 4.22. The number of carbonyl (C=O) groups is 1. The second kappa shape index (κ2) is 6.80. The van der Waals surface area contributed by atoms with Gasteiger partial charge in [-0.15, -0.1) is 0 Å². The van der Waals surface area contributed by atoms with E-state index in [1.807, 2.05) is 20.8 Å². The molecule has 0 saturated heterocycles. The fourth-order valence-electron chi connectivity index (χ4n) is 0.774. The highest BCUT2D eigenvalue weighted by atomic mass is 19.4. The zero-order chi connectivity index (χ0) is 13.5. The van der Waals surface area contributed by atoms with Gasteiger partial charge in [0.15, 0.2) is 0 Å². The molecular weight excluding hydrogens is 237 g/mol. The first-order chi connectivity index (χ1) is 7.66. The summed E-state index contributed by atoms with van der Waals surface area (Å²) in [5, 5.41) is 4.36. The Morgan fingerprint density at radius 2 is 1.88 bits per heavy atom. The van der Waals surface area contributed by atoms with Crippen molar-refractivity contribution in [1.29, 1.82) is 0 Å². The Morgan fingerprint density at radius 3 is 2.35 bits per heavy atom. The van der Waals surface area contributed by atoms with Gasteiger partial charge in [-0.1, -0.05) is 6.92 Å². The maximum Gasteiger partial charge on any atom is 0.405 e. The van der Waals surface area contributed by atoms with Gasteiger partial charge in [0.25, 0.3) is 0 Å². The average Bonchev–Trinajstić information content (AvgIpc) is 2.20. The molecule has 7 heteroatoms. The van der Waals surface area contributed by atoms with Crippen LogP contribution < -0.4 is 10.6 Å². The zero-order valence-electron chi connectivity index (χ0n) is 10.3. The van der Waals surface area contributed by atoms with Crippen molar-refractivity contribution >= 4 is 5.91 Å². The normalized spacial score (nSPS) is 12.6. The number of carbonyl (C=O) groups excluding carboxylic acids is 1. The zero-order valence-corrected chi connectivity index (χ0v) is 10.3. The van der Waals surface area contributed by atoms with Crippen LogP contribution in [0.5, 0.6) is 0 Å². The van der Waals surface area contributed by atoms with Gasteiger partial charge in [-0.3, -0.25) is 10.1 Å². The van der Waals surface area contributed by atoms with E-state index in [4.69, 9.17) is 4.74 Å². The molecule has 0 saturated carbocycles. The largest absolute Gasteiger partial charge is 0.405 e. The van der Waals surface area contributed by atoms with Crippen molar-refractivity contribution in [2.75, 3.05) is 19.8 Å². The molecule has 0 aromatic heterocycles. The van der Waals surface area contributed by atoms with E-state index in [2.05, 4.69) is 5.32 Å². The van der Waals surface area contributed by atoms with Gasteiger partial charge in [0, 0.05) is 0 Å². The monoisotopic (exact) mass is 256 g/mol. The lowest BCUT2D eigenvalue weighted by atomic mass is 10.1. The van der Waals surface area contributed by atoms with Gasteiger partial charge in [-0.25, -0.2) is 0 Å². The Hall–Kier alpha value is -0.820. The summed E-state index contributed by atoms with van der Waals surface area (Å²) in [6.07, 6.45) is -3.58. The average molecular weight is 256 g/mol. The molecule has 17 heavy (non-hydrogen) atoms. The third kappa shape index (κ3) is 10.1. The molecule has 0 aliphatic heterocycles. The molecule has 0 radical (unpaired) electrons. The standard InChI is InChI=1S/C10H19F3N2O2/c1-4-9(2,3)17-7-14-5-8(16)15-6-10(11,12)13/h14H,4-7H2,1-3H3,(H,15,16). The molecule has 0 atom stereocenters. The van der Waals surface area contributed by atoms with Gasteiger partial charge in [-0.05, 0) is 20.3 Å². The first-order valence-electron chi connectivity index (χ1n) is 5.34. The number of alkyl halides is 3. The van der Waals surface area contributed by atoms with Crippen molar-refractivity contribution in [3.63, 3.8) is 0 Å². The van der Waals surface area contributed by atoms with Crippen LogP contribution in [0.3, 0.4) is 0 Å². The summed E-state index contributed by atoms with van der Waals surface area (Å²) in [5.74, 6) is -0.708. The van der Waals surface area contributed by atoms with Crippen LogP contribution in [0.25, 0.3) is 0 Å². The molecule has 1 amide bonds. The highest BCUT2D eigenvalue weighted by Gasteiger charge is 2.27. The van der Waals surface area contributed by atoms with Crippen LogP contribution in [-0.2, 0) is 9.53 Å². The van der Waals surface area contributed by atoms with Crippen LogP contribution in [0.1, 0.15) is 27.2 Å². The number of amides is 1. The minimum Gasteiger partial charge on any atom is -0.360 e. The van der Waals surface area contributed by atoms with Gasteiger partial charge < -0.3 is 10.1 Å². The second-order valence-corrected chi connectivity index (χ2v) is 4.22. The number of hydrogen-bond acceptors (Lipinski definition) is 3. The number of ether oxygens (including phenoxy) is 1. The predicted octanol–water partition coefficient (Wildman–Crippen LogP) is 1.42. The van der Waals surface area contributed by atoms with Crippen LogP contribution >= 0.6 is 0 Å². The third-order valence-corrected chi connectivity index (χ3v) is 2.19. The maximum atomic E-state index is 11.7. The van der Waals surface area contributed by atoms with E-state index in [1.165, 1.54) is 0 Å². The van der Waals surface area contributed by atoms with Crippen LogP contribution in [-0.4, -0.2) is 37.5 Å². The molecule has 0 heterocycles. The van der Waals surface area contributed by atoms with Crippen molar-refractivity contribution in [2.45, 2.75) is 39.0 Å². The van der Waals surface area contributed by atoms with E-state index in [1.54, 1.807) is 5.32 Å². The van der Waals surface area contributed by atoms with E-state index < -0.39 is 18.6 Å². The maximum absolute atomic E-state index is 11.7. The van der Waals surface area contributed by atoms with Crippen molar-refractivity contribution in [2.24, 2.45) is 0 Å². The van der Waals surface area contributed by atoms with E-state index in [0.29, 0.717) is 0 Å². The fourth-order valence-corrected chi connectivity index (χ4v) is 0.774. The number of rotatable bonds is 7. The molecule has 0 aliphatic carbocycles. The molecular formula is C10H19F3N2O2. The van der Waals surface area contributed by atoms with Gasteiger partial charge in [0.05, 0.1) is 18.9 Å². The van der Waals surface area contributed by atoms with Gasteiger partial charge >= 0.3 is 6.18 Å². The predicted molar refractivity (Wildman–Crippen MR) is 57.4 cm³/mol. The number of hydrogen-bond donors (Lipinski definition) is 2. The molecule has 0 aromatic carbocycles. The van der Waals surface area contributed by atoms with Crippen molar-refractivity contribution in [3.05, 3.63) is 0 Å². The van der Waals surface area contributed by atoms with Crippen molar-refractivity contribution < 1.29 is 22.7 Å². The molecule has 0 aliphatic rings. The first-order valence-corrected chi connectivity index (χ1v) is 5.34. The van der Waals surface area contributed by atoms with E-state index in [-0.39, 0.29) is 18.9 Å². The van der Waals surface area contributed by atoms with E-state index >= 15 is 0 Å². The molecule has 2 N–H and O–H groups in total. The lowest BCUT2D eigenvalue weighted by molar-refractivity contribution is -0.138. The Balaban J connectivity index is 3.59. The number of halogens is 3. The summed E-state index contributed by atoms with van der Waals surface area (Å²) in [4.78, 5) is 11.0. The molecule has 0 spiro atoms. The Bertz CT molecular complexity index is 242. The minimum atomic E-state index is -4.38. The van der Waals surface area contributed by atoms with Crippen LogP contribution in [0.15, 0.2) is 0 Å². The topological polar surface area (TPSA) is 50.4 Å². The van der Waals surface area contributed by atoms with Crippen molar-refractivity contribution in [1.82, 2.24) is 10.6 Å². The summed E-state index contributed by atoms with van der Waals surface area (Å²) < 4.78 is 40.6. The van der Waals surface area contributed by atoms with Crippen LogP contribution in [0, 0.1) is 0 Å². The molecule has 4 nitrogen and oxygen atoms in total. The lowest BCUT2D eigenvalue weighted by Gasteiger charge is -2.23. The van der Waals surface area contributed by atoms with Crippen LogP contribution in [0.4, 0.5) is 13.2 Å². The molecule has 0 bridgehead atoms. The van der Waals surface area contributed by atoms with E-state index in [0.717, 1.165) is 6.42 Å². The SMILES string of the molecule is CCC(C)(C)OCNCC(=O)NCC(F)(F)F. The molecule has 102 valence electrons. The summed E-state index contributed by atoms with van der Waals surface area (Å²) in [6.45, 7) is 4.35. The lowest BCUT2D eigenvalue weighted by Crippen LogP contribution is -2.40. The Labute approximate surface area is 98.9 Å². The van der Waals surface area contributed by atoms with Gasteiger partial charge in [-0.2, -0.15) is 13.2 Å². The van der Waals surface area contributed by atoms with E-state index in [9.17, 15) is 18.0 Å². The minimum absolute atomic E-state index is 0.125. The van der Waals surface area contributed by atoms with Gasteiger partial charge in [0.2, 0.25) is 5.91 Å². The Kier molecular flexibility index (Phi) is 6.48. The Morgan fingerprint density at radius 1 is 1.29 bits per heavy atom. The molecule has 0 aromatic rings. The quantitative estimate of drug-likeness (QED) is 0.535. The van der Waals surface area contributed by atoms with Crippen molar-refractivity contribution in [3.8, 4) is 0 Å². The highest BCUT2D eigenvalue weighted by Crippen LogP contribution is 2.12. The summed E-state index contributed by atoms with van der Waals surface area (Å²) in [5.41, 5.74) is -0.310. The third-order valence-electron chi connectivity index (χ3n) is 2.19. The smallest absolute Gasteiger partial charge is 0.360 e. The summed E-state index contributed by atoms with van der Waals surface area (Å²) >= 11 is 0. The summed E-state index contributed by atoms with van der Waals surface area (Å²) in [7, 11) is 0. The first kappa shape index (κ1) is 16.2.